The fourth-order valence-electron chi connectivity index (χ4n) is 4.57. The monoisotopic (exact) mass is 526 g/mol. The molecule has 0 spiro atoms. The molecular weight excluding hydrogens is 501 g/mol. The van der Waals surface area contributed by atoms with Crippen LogP contribution in [0.1, 0.15) is 39.1 Å². The first-order valence-corrected chi connectivity index (χ1v) is 12.2. The summed E-state index contributed by atoms with van der Waals surface area (Å²) in [5.74, 6) is 0.233. The van der Waals surface area contributed by atoms with Crippen molar-refractivity contribution in [3.05, 3.63) is 77.4 Å². The number of likely N-dealkylation sites (tertiary alicyclic amines) is 1. The molecule has 2 amide bonds. The number of rotatable bonds is 8. The molecule has 1 fully saturated rings. The van der Waals surface area contributed by atoms with Crippen LogP contribution in [0.2, 0.25) is 0 Å². The highest BCUT2D eigenvalue weighted by molar-refractivity contribution is 6.34. The number of anilines is 1. The van der Waals surface area contributed by atoms with Crippen molar-refractivity contribution in [3.63, 3.8) is 0 Å². The first-order valence-electron chi connectivity index (χ1n) is 12.2. The third-order valence-electron chi connectivity index (χ3n) is 6.54. The number of hydrogen-bond acceptors (Lipinski definition) is 6. The molecule has 0 aliphatic carbocycles. The van der Waals surface area contributed by atoms with E-state index >= 15 is 0 Å². The van der Waals surface area contributed by atoms with E-state index in [4.69, 9.17) is 14.2 Å². The summed E-state index contributed by atoms with van der Waals surface area (Å²) in [6.07, 6.45) is -2.06. The molecule has 0 atom stereocenters. The molecule has 5 rings (SSSR count). The van der Waals surface area contributed by atoms with Gasteiger partial charge < -0.3 is 14.2 Å². The largest absolute Gasteiger partial charge is 0.493 e. The van der Waals surface area contributed by atoms with Gasteiger partial charge in [0.2, 0.25) is 0 Å². The van der Waals surface area contributed by atoms with Crippen molar-refractivity contribution in [2.75, 3.05) is 38.3 Å². The molecular formula is C28H25F3N2O5. The van der Waals surface area contributed by atoms with E-state index in [2.05, 4.69) is 4.90 Å². The quantitative estimate of drug-likeness (QED) is 0.347. The zero-order valence-electron chi connectivity index (χ0n) is 20.6. The first kappa shape index (κ1) is 25.6. The maximum atomic E-state index is 13.2. The molecule has 0 aromatic heterocycles. The van der Waals surface area contributed by atoms with Crippen molar-refractivity contribution >= 4 is 17.5 Å². The number of carbonyl (C=O) groups is 2. The molecule has 2 aliphatic heterocycles. The standard InChI is InChI=1S/C28H25F3N2O5/c1-36-25-16-19(6-11-24(25)37-15-14-32-12-2-3-13-32)33-26(34)22-10-9-21(17-23(22)27(33)35)38-20-7-4-18(5-8-20)28(29,30)31/h4-11,16-17H,2-3,12-15H2,1H3. The lowest BCUT2D eigenvalue weighted by Gasteiger charge is -2.18. The second-order valence-corrected chi connectivity index (χ2v) is 9.01. The van der Waals surface area contributed by atoms with Gasteiger partial charge in [-0.25, -0.2) is 4.90 Å². The number of carbonyl (C=O) groups excluding carboxylic acids is 2. The third-order valence-corrected chi connectivity index (χ3v) is 6.54. The van der Waals surface area contributed by atoms with E-state index < -0.39 is 23.6 Å². The summed E-state index contributed by atoms with van der Waals surface area (Å²) in [5.41, 5.74) is -0.150. The van der Waals surface area contributed by atoms with Gasteiger partial charge in [-0.3, -0.25) is 14.5 Å². The number of imide groups is 1. The average molecular weight is 527 g/mol. The van der Waals surface area contributed by atoms with E-state index in [1.165, 1.54) is 50.3 Å². The lowest BCUT2D eigenvalue weighted by molar-refractivity contribution is -0.137. The zero-order chi connectivity index (χ0) is 26.9. The van der Waals surface area contributed by atoms with Gasteiger partial charge in [0.15, 0.2) is 11.5 Å². The summed E-state index contributed by atoms with van der Waals surface area (Å²) in [6, 6.07) is 13.4. The second kappa shape index (κ2) is 10.4. The normalized spacial score (nSPS) is 15.6. The van der Waals surface area contributed by atoms with Crippen molar-refractivity contribution in [3.8, 4) is 23.0 Å². The minimum absolute atomic E-state index is 0.129. The SMILES string of the molecule is COc1cc(N2C(=O)c3ccc(Oc4ccc(C(F)(F)F)cc4)cc3C2=O)ccc1OCCN1CCCC1. The topological polar surface area (TPSA) is 68.3 Å². The molecule has 1 saturated heterocycles. The van der Waals surface area contributed by atoms with Gasteiger partial charge in [0.05, 0.1) is 29.5 Å². The molecule has 38 heavy (non-hydrogen) atoms. The fraction of sp³-hybridized carbons (Fsp3) is 0.286. The number of fused-ring (bicyclic) bond motifs is 1. The Morgan fingerprint density at radius 1 is 0.816 bits per heavy atom. The Labute approximate surface area is 217 Å². The molecule has 0 bridgehead atoms. The average Bonchev–Trinajstić information content (AvgIpc) is 3.50. The van der Waals surface area contributed by atoms with Crippen LogP contribution in [0.3, 0.4) is 0 Å². The number of alkyl halides is 3. The predicted molar refractivity (Wildman–Crippen MR) is 133 cm³/mol. The van der Waals surface area contributed by atoms with Gasteiger partial charge in [-0.15, -0.1) is 0 Å². The number of ether oxygens (including phenoxy) is 3. The Bertz CT molecular complexity index is 1350. The van der Waals surface area contributed by atoms with E-state index in [1.807, 2.05) is 0 Å². The highest BCUT2D eigenvalue weighted by atomic mass is 19.4. The Morgan fingerprint density at radius 3 is 2.18 bits per heavy atom. The van der Waals surface area contributed by atoms with Gasteiger partial charge >= 0.3 is 6.18 Å². The van der Waals surface area contributed by atoms with Gasteiger partial charge in [-0.2, -0.15) is 13.2 Å². The van der Waals surface area contributed by atoms with Crippen molar-refractivity contribution in [2.45, 2.75) is 19.0 Å². The number of halogens is 3. The van der Waals surface area contributed by atoms with Crippen LogP contribution in [0, 0.1) is 0 Å². The summed E-state index contributed by atoms with van der Waals surface area (Å²) in [4.78, 5) is 29.7. The molecule has 0 saturated carbocycles. The van der Waals surface area contributed by atoms with E-state index in [-0.39, 0.29) is 22.6 Å². The summed E-state index contributed by atoms with van der Waals surface area (Å²) in [7, 11) is 1.49. The first-order chi connectivity index (χ1) is 18.2. The lowest BCUT2D eigenvalue weighted by atomic mass is 10.1. The van der Waals surface area contributed by atoms with Crippen LogP contribution in [-0.2, 0) is 6.18 Å². The van der Waals surface area contributed by atoms with E-state index in [0.29, 0.717) is 23.8 Å². The molecule has 7 nitrogen and oxygen atoms in total. The minimum Gasteiger partial charge on any atom is -0.493 e. The van der Waals surface area contributed by atoms with Crippen LogP contribution >= 0.6 is 0 Å². The van der Waals surface area contributed by atoms with Gasteiger partial charge in [0, 0.05) is 12.6 Å². The van der Waals surface area contributed by atoms with Crippen LogP contribution in [0.4, 0.5) is 18.9 Å². The van der Waals surface area contributed by atoms with Gasteiger partial charge in [-0.05, 0) is 80.5 Å². The van der Waals surface area contributed by atoms with Crippen LogP contribution < -0.4 is 19.1 Å². The molecule has 3 aromatic rings. The van der Waals surface area contributed by atoms with E-state index in [0.717, 1.165) is 36.7 Å². The van der Waals surface area contributed by atoms with Gasteiger partial charge in [0.25, 0.3) is 11.8 Å². The summed E-state index contributed by atoms with van der Waals surface area (Å²) < 4.78 is 55.4. The molecule has 2 aliphatic rings. The number of hydrogen-bond donors (Lipinski definition) is 0. The molecule has 198 valence electrons. The zero-order valence-corrected chi connectivity index (χ0v) is 20.6. The molecule has 0 N–H and O–H groups in total. The molecule has 0 unspecified atom stereocenters. The van der Waals surface area contributed by atoms with Crippen LogP contribution in [0.25, 0.3) is 0 Å². The van der Waals surface area contributed by atoms with Crippen LogP contribution in [0.5, 0.6) is 23.0 Å². The maximum Gasteiger partial charge on any atom is 0.416 e. The Hall–Kier alpha value is -4.05. The van der Waals surface area contributed by atoms with Crippen molar-refractivity contribution < 1.29 is 37.0 Å². The fourth-order valence-corrected chi connectivity index (χ4v) is 4.57. The predicted octanol–water partition coefficient (Wildman–Crippen LogP) is 5.78. The molecule has 3 aromatic carbocycles. The smallest absolute Gasteiger partial charge is 0.416 e. The lowest BCUT2D eigenvalue weighted by Crippen LogP contribution is -2.29. The molecule has 10 heteroatoms. The number of methoxy groups -OCH3 is 1. The number of nitrogens with zero attached hydrogens (tertiary/aromatic N) is 2. The second-order valence-electron chi connectivity index (χ2n) is 9.01. The van der Waals surface area contributed by atoms with Gasteiger partial charge in [-0.1, -0.05) is 0 Å². The van der Waals surface area contributed by atoms with E-state index in [9.17, 15) is 22.8 Å². The molecule has 0 radical (unpaired) electrons. The minimum atomic E-state index is -4.46. The third kappa shape index (κ3) is 5.17. The number of amides is 2. The maximum absolute atomic E-state index is 13.2. The number of benzene rings is 3. The highest BCUT2D eigenvalue weighted by Crippen LogP contribution is 2.37. The molecule has 2 heterocycles. The van der Waals surface area contributed by atoms with Crippen LogP contribution in [-0.4, -0.2) is 50.1 Å². The summed E-state index contributed by atoms with van der Waals surface area (Å²) in [6.45, 7) is 3.43. The Kier molecular flexibility index (Phi) is 6.98. The van der Waals surface area contributed by atoms with Crippen LogP contribution in [0.15, 0.2) is 60.7 Å². The van der Waals surface area contributed by atoms with E-state index in [1.54, 1.807) is 18.2 Å². The Balaban J connectivity index is 1.31. The summed E-state index contributed by atoms with van der Waals surface area (Å²) in [5, 5.41) is 0. The van der Waals surface area contributed by atoms with Crippen molar-refractivity contribution in [2.24, 2.45) is 0 Å². The van der Waals surface area contributed by atoms with Crippen molar-refractivity contribution in [1.82, 2.24) is 4.90 Å². The van der Waals surface area contributed by atoms with Crippen molar-refractivity contribution in [1.29, 1.82) is 0 Å². The highest BCUT2D eigenvalue weighted by Gasteiger charge is 2.37. The van der Waals surface area contributed by atoms with Gasteiger partial charge in [0.1, 0.15) is 18.1 Å². The summed E-state index contributed by atoms with van der Waals surface area (Å²) >= 11 is 0. The Morgan fingerprint density at radius 2 is 1.50 bits per heavy atom.